The predicted molar refractivity (Wildman–Crippen MR) is 93.6 cm³/mol. The molecule has 0 aromatic carbocycles. The Kier molecular flexibility index (Phi) is 3.15. The average molecular weight is 396 g/mol. The molecule has 0 saturated carbocycles. The van der Waals surface area contributed by atoms with Crippen molar-refractivity contribution in [3.63, 3.8) is 0 Å². The quantitative estimate of drug-likeness (QED) is 0.491. The van der Waals surface area contributed by atoms with Crippen LogP contribution in [0.2, 0.25) is 0 Å². The van der Waals surface area contributed by atoms with Crippen molar-refractivity contribution in [1.29, 1.82) is 10.8 Å². The van der Waals surface area contributed by atoms with Gasteiger partial charge in [-0.25, -0.2) is 14.1 Å². The summed E-state index contributed by atoms with van der Waals surface area (Å²) in [4.78, 5) is 21.7. The molecule has 138 valence electrons. The predicted octanol–water partition coefficient (Wildman–Crippen LogP) is 2.33. The number of thiophene rings is 1. The van der Waals surface area contributed by atoms with Crippen molar-refractivity contribution in [3.05, 3.63) is 33.9 Å². The summed E-state index contributed by atoms with van der Waals surface area (Å²) in [5.74, 6) is -3.74. The molecular weight excluding hydrogens is 388 g/mol. The van der Waals surface area contributed by atoms with Crippen molar-refractivity contribution in [1.82, 2.24) is 19.1 Å². The second-order valence-electron chi connectivity index (χ2n) is 5.73. The second kappa shape index (κ2) is 5.46. The molecular formula is C14H8N10O3S. The molecule has 0 aliphatic carbocycles. The van der Waals surface area contributed by atoms with Gasteiger partial charge in [0.15, 0.2) is 5.78 Å². The minimum Gasteiger partial charge on any atom is -0.493 e. The number of imidazole rings is 2. The van der Waals surface area contributed by atoms with Gasteiger partial charge >= 0.3 is 0 Å². The second-order valence-corrected chi connectivity index (χ2v) is 6.68. The molecule has 28 heavy (non-hydrogen) atoms. The zero-order valence-corrected chi connectivity index (χ0v) is 14.4. The normalized spacial score (nSPS) is 15.3. The lowest BCUT2D eigenvalue weighted by Gasteiger charge is -2.13. The van der Waals surface area contributed by atoms with E-state index in [0.29, 0.717) is 4.88 Å². The molecule has 3 aromatic heterocycles. The van der Waals surface area contributed by atoms with E-state index in [1.165, 1.54) is 11.3 Å². The van der Waals surface area contributed by atoms with Crippen LogP contribution in [-0.4, -0.2) is 47.0 Å². The Balaban J connectivity index is 1.75. The van der Waals surface area contributed by atoms with Crippen molar-refractivity contribution >= 4 is 40.8 Å². The Labute approximate surface area is 158 Å². The van der Waals surface area contributed by atoms with Crippen molar-refractivity contribution in [2.24, 2.45) is 20.5 Å². The fraction of sp³-hybridized carbons (Fsp3) is 0.0714. The molecule has 0 saturated heterocycles. The molecule has 0 spiro atoms. The van der Waals surface area contributed by atoms with E-state index in [1.54, 1.807) is 17.5 Å². The van der Waals surface area contributed by atoms with Gasteiger partial charge in [0.2, 0.25) is 17.7 Å². The first-order chi connectivity index (χ1) is 13.5. The molecule has 2 aliphatic heterocycles. The number of hydrogen-bond donors (Lipinski definition) is 4. The number of ketones is 1. The van der Waals surface area contributed by atoms with Crippen LogP contribution in [0.25, 0.3) is 0 Å². The van der Waals surface area contributed by atoms with Crippen molar-refractivity contribution in [2.45, 2.75) is 5.92 Å². The van der Waals surface area contributed by atoms with E-state index < -0.39 is 23.5 Å². The average Bonchev–Trinajstić information content (AvgIpc) is 3.45. The molecule has 2 aliphatic rings. The largest absolute Gasteiger partial charge is 0.493 e. The number of Topliss-reactive ketones (excluding diaryl/α,β-unsaturated/α-hetero) is 1. The van der Waals surface area contributed by atoms with Crippen molar-refractivity contribution < 1.29 is 15.0 Å². The highest BCUT2D eigenvalue weighted by Gasteiger charge is 2.40. The molecule has 0 bridgehead atoms. The van der Waals surface area contributed by atoms with Crippen molar-refractivity contribution in [3.8, 4) is 11.8 Å². The first-order valence-electron chi connectivity index (χ1n) is 7.69. The first kappa shape index (κ1) is 16.1. The van der Waals surface area contributed by atoms with Crippen LogP contribution < -0.4 is 0 Å². The molecule has 4 N–H and O–H groups in total. The van der Waals surface area contributed by atoms with Crippen LogP contribution in [0.1, 0.15) is 27.1 Å². The number of azo groups is 2. The highest BCUT2D eigenvalue weighted by molar-refractivity contribution is 7.12. The van der Waals surface area contributed by atoms with E-state index in [4.69, 9.17) is 10.8 Å². The van der Waals surface area contributed by atoms with Gasteiger partial charge in [-0.2, -0.15) is 4.98 Å². The number of fused-ring (bicyclic) bond motifs is 2. The highest BCUT2D eigenvalue weighted by atomic mass is 32.1. The summed E-state index contributed by atoms with van der Waals surface area (Å²) in [5.41, 5.74) is -0.135. The smallest absolute Gasteiger partial charge is 0.259 e. The van der Waals surface area contributed by atoms with Crippen molar-refractivity contribution in [2.75, 3.05) is 0 Å². The van der Waals surface area contributed by atoms with Crippen LogP contribution in [0.5, 0.6) is 11.8 Å². The maximum absolute atomic E-state index is 13.3. The van der Waals surface area contributed by atoms with Gasteiger partial charge in [0.1, 0.15) is 17.4 Å². The highest BCUT2D eigenvalue weighted by Crippen LogP contribution is 2.42. The molecule has 0 radical (unpaired) electrons. The van der Waals surface area contributed by atoms with E-state index in [1.807, 2.05) is 0 Å². The zero-order valence-electron chi connectivity index (χ0n) is 13.6. The van der Waals surface area contributed by atoms with E-state index in [2.05, 4.69) is 30.4 Å². The minimum atomic E-state index is -1.30. The number of aromatic nitrogens is 4. The molecule has 14 heteroatoms. The van der Waals surface area contributed by atoms with E-state index in [9.17, 15) is 15.0 Å². The molecule has 1 unspecified atom stereocenters. The molecule has 0 fully saturated rings. The van der Waals surface area contributed by atoms with Crippen LogP contribution in [0, 0.1) is 10.8 Å². The lowest BCUT2D eigenvalue weighted by Crippen LogP contribution is -2.21. The lowest BCUT2D eigenvalue weighted by molar-refractivity contribution is 0.0972. The maximum atomic E-state index is 13.3. The number of carbonyl (C=O) groups excluding carboxylic acids is 1. The third-order valence-corrected chi connectivity index (χ3v) is 5.06. The van der Waals surface area contributed by atoms with Crippen LogP contribution in [0.4, 0.5) is 11.8 Å². The topological polar surface area (TPSA) is 190 Å². The monoisotopic (exact) mass is 396 g/mol. The van der Waals surface area contributed by atoms with Crippen LogP contribution in [0.15, 0.2) is 38.0 Å². The SMILES string of the molecule is N=C1N=Nc2nc(C(C(=O)c3cccs3)c3nc(O)c4n3C(=N)N=N4)c(O)n21. The Morgan fingerprint density at radius 2 is 1.82 bits per heavy atom. The van der Waals surface area contributed by atoms with Crippen LogP contribution >= 0.6 is 11.3 Å². The van der Waals surface area contributed by atoms with Crippen LogP contribution in [0.3, 0.4) is 0 Å². The zero-order chi connectivity index (χ0) is 19.6. The fourth-order valence-corrected chi connectivity index (χ4v) is 3.68. The molecule has 5 rings (SSSR count). The number of rotatable bonds is 4. The summed E-state index contributed by atoms with van der Waals surface area (Å²) >= 11 is 1.18. The lowest BCUT2D eigenvalue weighted by atomic mass is 9.98. The number of aromatic hydroxyl groups is 2. The van der Waals surface area contributed by atoms with Gasteiger partial charge in [0, 0.05) is 0 Å². The fourth-order valence-electron chi connectivity index (χ4n) is 2.98. The Bertz CT molecular complexity index is 1250. The molecule has 5 heterocycles. The van der Waals surface area contributed by atoms with Gasteiger partial charge in [-0.15, -0.1) is 31.8 Å². The van der Waals surface area contributed by atoms with Gasteiger partial charge in [-0.1, -0.05) is 6.07 Å². The third kappa shape index (κ3) is 2.02. The third-order valence-electron chi connectivity index (χ3n) is 4.18. The van der Waals surface area contributed by atoms with Gasteiger partial charge in [-0.05, 0) is 11.4 Å². The summed E-state index contributed by atoms with van der Waals surface area (Å²) in [6, 6.07) is 3.28. The van der Waals surface area contributed by atoms with Crippen LogP contribution in [-0.2, 0) is 0 Å². The Morgan fingerprint density at radius 1 is 1.07 bits per heavy atom. The summed E-state index contributed by atoms with van der Waals surface area (Å²) in [6.45, 7) is 0. The molecule has 13 nitrogen and oxygen atoms in total. The van der Waals surface area contributed by atoms with E-state index in [-0.39, 0.29) is 35.2 Å². The Morgan fingerprint density at radius 3 is 2.54 bits per heavy atom. The maximum Gasteiger partial charge on any atom is 0.259 e. The van der Waals surface area contributed by atoms with Gasteiger partial charge in [-0.3, -0.25) is 15.6 Å². The molecule has 3 aromatic rings. The number of nitrogens with zero attached hydrogens (tertiary/aromatic N) is 8. The number of nitrogens with one attached hydrogen (secondary N) is 2. The summed E-state index contributed by atoms with van der Waals surface area (Å²) in [7, 11) is 0. The Hall–Kier alpha value is -4.07. The summed E-state index contributed by atoms with van der Waals surface area (Å²) < 4.78 is 2.07. The van der Waals surface area contributed by atoms with Gasteiger partial charge in [0.05, 0.1) is 4.88 Å². The van der Waals surface area contributed by atoms with Gasteiger partial charge in [0.25, 0.3) is 17.8 Å². The molecule has 1 atom stereocenters. The molecule has 0 amide bonds. The number of carbonyl (C=O) groups is 1. The summed E-state index contributed by atoms with van der Waals surface area (Å²) in [6.07, 6.45) is 0. The number of hydrogen-bond acceptors (Lipinski definition) is 10. The van der Waals surface area contributed by atoms with E-state index in [0.717, 1.165) is 9.13 Å². The van der Waals surface area contributed by atoms with E-state index >= 15 is 0 Å². The van der Waals surface area contributed by atoms with Gasteiger partial charge < -0.3 is 10.2 Å². The first-order valence-corrected chi connectivity index (χ1v) is 8.57. The minimum absolute atomic E-state index is 0.0663. The standard InChI is InChI=1S/C14H8N10O3S/c15-12-20-19-9-10(26)18-8(23(9)12)5(7(25)4-2-1-3-28-4)6-11(27)24-13(16)21-22-14(24)17-6/h1-3,5,15-16,26-27H. The summed E-state index contributed by atoms with van der Waals surface area (Å²) in [5, 5.41) is 52.5.